The average Bonchev–Trinajstić information content (AvgIpc) is 3.08. The molecule has 1 aliphatic heterocycles. The largest absolute Gasteiger partial charge is 0.394 e. The van der Waals surface area contributed by atoms with E-state index in [-0.39, 0.29) is 12.8 Å². The summed E-state index contributed by atoms with van der Waals surface area (Å²) in [6.07, 6.45) is 15.5. The lowest BCUT2D eigenvalue weighted by Crippen LogP contribution is -2.60. The van der Waals surface area contributed by atoms with Crippen molar-refractivity contribution in [1.29, 1.82) is 0 Å². The maximum atomic E-state index is 12.9. The first kappa shape index (κ1) is 44.6. The van der Waals surface area contributed by atoms with E-state index in [1.165, 1.54) is 51.4 Å². The molecule has 9 atom stereocenters. The van der Waals surface area contributed by atoms with Crippen molar-refractivity contribution in [2.45, 2.75) is 191 Å². The van der Waals surface area contributed by atoms with Gasteiger partial charge in [-0.25, -0.2) is 0 Å². The van der Waals surface area contributed by atoms with Crippen LogP contribution in [0.4, 0.5) is 0 Å². The summed E-state index contributed by atoms with van der Waals surface area (Å²) in [5.74, 6) is -0.716. The maximum Gasteiger partial charge on any atom is 0.249 e. The molecule has 1 fully saturated rings. The molecule has 282 valence electrons. The van der Waals surface area contributed by atoms with E-state index in [2.05, 4.69) is 37.4 Å². The van der Waals surface area contributed by atoms with Crippen LogP contribution in [0, 0.1) is 0 Å². The Bertz CT molecular complexity index is 841. The zero-order valence-electron chi connectivity index (χ0n) is 29.7. The first-order valence-electron chi connectivity index (χ1n) is 18.7. The Balaban J connectivity index is 2.61. The maximum absolute atomic E-state index is 12.9. The molecule has 0 saturated carbocycles. The van der Waals surface area contributed by atoms with Gasteiger partial charge in [0.05, 0.1) is 25.4 Å². The van der Waals surface area contributed by atoms with Crippen LogP contribution in [0.5, 0.6) is 0 Å². The van der Waals surface area contributed by atoms with Crippen molar-refractivity contribution in [2.75, 3.05) is 13.2 Å². The molecule has 1 aliphatic rings. The second kappa shape index (κ2) is 28.3. The van der Waals surface area contributed by atoms with Gasteiger partial charge < -0.3 is 50.5 Å². The quantitative estimate of drug-likeness (QED) is 0.0423. The smallest absolute Gasteiger partial charge is 0.249 e. The molecular weight excluding hydrogens is 618 g/mol. The van der Waals surface area contributed by atoms with Crippen LogP contribution in [0.3, 0.4) is 0 Å². The highest BCUT2D eigenvalue weighted by molar-refractivity contribution is 5.80. The molecule has 11 nitrogen and oxygen atoms in total. The number of hydrogen-bond acceptors (Lipinski definition) is 10. The molecule has 0 bridgehead atoms. The van der Waals surface area contributed by atoms with Gasteiger partial charge in [0.25, 0.3) is 0 Å². The van der Waals surface area contributed by atoms with Crippen molar-refractivity contribution in [3.8, 4) is 0 Å². The number of allylic oxidation sites excluding steroid dienone is 4. The standard InChI is InChI=1S/C37H69NO10/c1-3-5-7-9-11-13-14-15-17-19-21-23-25-30(41)36(46)38-28(27-47-37-35(45)34(44)33(43)31(26-39)48-37)32(42)29(40)24-22-20-18-16-12-10-8-6-4-2/h6,8,16,18,28-35,37,39-45H,3-5,7,9-15,17,19-27H2,1-2H3,(H,38,46)/b8-6+,18-16+. The number of nitrogens with one attached hydrogen (secondary N) is 1. The summed E-state index contributed by atoms with van der Waals surface area (Å²) in [5, 5.41) is 74.9. The third kappa shape index (κ3) is 19.1. The molecule has 0 aromatic carbocycles. The van der Waals surface area contributed by atoms with E-state index in [0.717, 1.165) is 38.5 Å². The Hall–Kier alpha value is -1.41. The lowest BCUT2D eigenvalue weighted by atomic mass is 9.98. The van der Waals surface area contributed by atoms with Crippen molar-refractivity contribution in [2.24, 2.45) is 0 Å². The number of hydrogen-bond donors (Lipinski definition) is 8. The first-order chi connectivity index (χ1) is 23.2. The third-order valence-electron chi connectivity index (χ3n) is 9.00. The van der Waals surface area contributed by atoms with Crippen molar-refractivity contribution in [3.05, 3.63) is 24.3 Å². The minimum absolute atomic E-state index is 0.245. The summed E-state index contributed by atoms with van der Waals surface area (Å²) in [4.78, 5) is 12.9. The Morgan fingerprint density at radius 2 is 1.29 bits per heavy atom. The lowest BCUT2D eigenvalue weighted by Gasteiger charge is -2.40. The highest BCUT2D eigenvalue weighted by atomic mass is 16.7. The van der Waals surface area contributed by atoms with E-state index < -0.39 is 74.2 Å². The van der Waals surface area contributed by atoms with Gasteiger partial charge in [0, 0.05) is 0 Å². The van der Waals surface area contributed by atoms with Crippen molar-refractivity contribution in [1.82, 2.24) is 5.32 Å². The van der Waals surface area contributed by atoms with Gasteiger partial charge in [-0.05, 0) is 44.9 Å². The normalized spacial score (nSPS) is 24.2. The molecule has 0 spiro atoms. The van der Waals surface area contributed by atoms with E-state index in [9.17, 15) is 40.5 Å². The Morgan fingerprint density at radius 1 is 0.729 bits per heavy atom. The van der Waals surface area contributed by atoms with Crippen LogP contribution < -0.4 is 5.32 Å². The Kier molecular flexibility index (Phi) is 26.3. The lowest BCUT2D eigenvalue weighted by molar-refractivity contribution is -0.303. The van der Waals surface area contributed by atoms with Crippen molar-refractivity contribution < 1.29 is 50.0 Å². The van der Waals surface area contributed by atoms with Gasteiger partial charge in [-0.1, -0.05) is 115 Å². The number of rotatable bonds is 29. The predicted molar refractivity (Wildman–Crippen MR) is 187 cm³/mol. The summed E-state index contributed by atoms with van der Waals surface area (Å²) in [6, 6.07) is -1.18. The van der Waals surface area contributed by atoms with Crippen molar-refractivity contribution in [3.63, 3.8) is 0 Å². The van der Waals surface area contributed by atoms with Crippen molar-refractivity contribution >= 4 is 5.91 Å². The molecule has 0 radical (unpaired) electrons. The highest BCUT2D eigenvalue weighted by Crippen LogP contribution is 2.23. The molecular formula is C37H69NO10. The van der Waals surface area contributed by atoms with Crippen LogP contribution >= 0.6 is 0 Å². The van der Waals surface area contributed by atoms with Crippen LogP contribution in [0.2, 0.25) is 0 Å². The molecule has 1 amide bonds. The number of aliphatic hydroxyl groups excluding tert-OH is 7. The fraction of sp³-hybridized carbons (Fsp3) is 0.865. The molecule has 1 saturated heterocycles. The number of carbonyl (C=O) groups excluding carboxylic acids is 1. The van der Waals surface area contributed by atoms with Gasteiger partial charge in [-0.3, -0.25) is 4.79 Å². The molecule has 0 aromatic heterocycles. The fourth-order valence-electron chi connectivity index (χ4n) is 5.81. The zero-order valence-corrected chi connectivity index (χ0v) is 29.7. The van der Waals surface area contributed by atoms with E-state index >= 15 is 0 Å². The number of aliphatic hydroxyl groups is 7. The number of carbonyl (C=O) groups is 1. The molecule has 0 aliphatic carbocycles. The molecule has 0 aromatic rings. The van der Waals surface area contributed by atoms with Crippen LogP contribution in [-0.4, -0.2) is 110 Å². The van der Waals surface area contributed by atoms with Gasteiger partial charge in [-0.15, -0.1) is 0 Å². The monoisotopic (exact) mass is 687 g/mol. The molecule has 9 unspecified atom stereocenters. The van der Waals surface area contributed by atoms with Crippen LogP contribution in [0.1, 0.15) is 136 Å². The predicted octanol–water partition coefficient (Wildman–Crippen LogP) is 3.93. The highest BCUT2D eigenvalue weighted by Gasteiger charge is 2.44. The summed E-state index contributed by atoms with van der Waals surface area (Å²) in [7, 11) is 0. The average molecular weight is 688 g/mol. The van der Waals surface area contributed by atoms with E-state index in [1.54, 1.807) is 0 Å². The second-order valence-corrected chi connectivity index (χ2v) is 13.3. The van der Waals surface area contributed by atoms with E-state index in [0.29, 0.717) is 19.3 Å². The third-order valence-corrected chi connectivity index (χ3v) is 9.00. The summed E-state index contributed by atoms with van der Waals surface area (Å²) >= 11 is 0. The number of amides is 1. The summed E-state index contributed by atoms with van der Waals surface area (Å²) in [6.45, 7) is 3.23. The van der Waals surface area contributed by atoms with Gasteiger partial charge in [0.15, 0.2) is 6.29 Å². The van der Waals surface area contributed by atoms with E-state index in [1.807, 2.05) is 6.08 Å². The van der Waals surface area contributed by atoms with Crippen LogP contribution in [0.25, 0.3) is 0 Å². The summed E-state index contributed by atoms with van der Waals surface area (Å²) < 4.78 is 11.0. The van der Waals surface area contributed by atoms with Crippen LogP contribution in [-0.2, 0) is 14.3 Å². The number of ether oxygens (including phenoxy) is 2. The van der Waals surface area contributed by atoms with Crippen LogP contribution in [0.15, 0.2) is 24.3 Å². The molecule has 8 N–H and O–H groups in total. The minimum atomic E-state index is -1.66. The Labute approximate surface area is 289 Å². The summed E-state index contributed by atoms with van der Waals surface area (Å²) in [5.41, 5.74) is 0. The SMILES string of the molecule is CC/C=C/CC/C=C/CCCC(O)C(O)C(COC1OC(CO)C(O)C(O)C1O)NC(=O)C(O)CCCCCCCCCCCCCC. The molecule has 1 heterocycles. The van der Waals surface area contributed by atoms with E-state index in [4.69, 9.17) is 9.47 Å². The molecule has 11 heteroatoms. The van der Waals surface area contributed by atoms with Gasteiger partial charge in [0.1, 0.15) is 36.6 Å². The molecule has 1 rings (SSSR count). The zero-order chi connectivity index (χ0) is 35.6. The van der Waals surface area contributed by atoms with Gasteiger partial charge in [-0.2, -0.15) is 0 Å². The van der Waals surface area contributed by atoms with Gasteiger partial charge >= 0.3 is 0 Å². The second-order valence-electron chi connectivity index (χ2n) is 13.3. The molecule has 48 heavy (non-hydrogen) atoms. The Morgan fingerprint density at radius 3 is 1.88 bits per heavy atom. The first-order valence-corrected chi connectivity index (χ1v) is 18.7. The number of unbranched alkanes of at least 4 members (excludes halogenated alkanes) is 13. The topological polar surface area (TPSA) is 189 Å². The van der Waals surface area contributed by atoms with Gasteiger partial charge in [0.2, 0.25) is 5.91 Å². The fourth-order valence-corrected chi connectivity index (χ4v) is 5.81. The minimum Gasteiger partial charge on any atom is -0.394 e.